The van der Waals surface area contributed by atoms with E-state index in [0.29, 0.717) is 15.6 Å². The van der Waals surface area contributed by atoms with Crippen LogP contribution in [0.2, 0.25) is 10.0 Å². The number of ether oxygens (including phenoxy) is 1. The van der Waals surface area contributed by atoms with Crippen LogP contribution in [0, 0.1) is 11.8 Å². The first-order valence-electron chi connectivity index (χ1n) is 12.3. The molecule has 9 nitrogen and oxygen atoms in total. The first-order chi connectivity index (χ1) is 18.5. The molecular formula is C28H32Cl2N2O7. The van der Waals surface area contributed by atoms with Crippen LogP contribution >= 0.6 is 23.2 Å². The van der Waals surface area contributed by atoms with E-state index in [-0.39, 0.29) is 68.7 Å². The van der Waals surface area contributed by atoms with Gasteiger partial charge in [-0.15, -0.1) is 0 Å². The van der Waals surface area contributed by atoms with Crippen LogP contribution in [0.4, 0.5) is 0 Å². The Morgan fingerprint density at radius 3 is 2.08 bits per heavy atom. The highest BCUT2D eigenvalue weighted by Gasteiger charge is 2.23. The van der Waals surface area contributed by atoms with Crippen molar-refractivity contribution in [2.45, 2.75) is 39.7 Å². The molecule has 39 heavy (non-hydrogen) atoms. The number of ketones is 3. The van der Waals surface area contributed by atoms with Gasteiger partial charge in [0.25, 0.3) is 0 Å². The smallest absolute Gasteiger partial charge is 0.224 e. The SMILES string of the molecule is CC(=O)C[C@@H](Cc1ccc(O)cc1)C(=O)NCC(=O)C[C@@H](C)C(=O)NCC(=O)COCc1c(Cl)cccc1Cl. The Labute approximate surface area is 237 Å². The number of aromatic hydroxyl groups is 1. The summed E-state index contributed by atoms with van der Waals surface area (Å²) in [4.78, 5) is 61.1. The van der Waals surface area contributed by atoms with Crippen molar-refractivity contribution in [1.29, 1.82) is 0 Å². The minimum absolute atomic E-state index is 0.00286. The fraction of sp³-hybridized carbons (Fsp3) is 0.393. The number of benzene rings is 2. The number of carbonyl (C=O) groups excluding carboxylic acids is 5. The summed E-state index contributed by atoms with van der Waals surface area (Å²) in [7, 11) is 0. The minimum Gasteiger partial charge on any atom is -0.508 e. The van der Waals surface area contributed by atoms with E-state index in [0.717, 1.165) is 5.56 Å². The Morgan fingerprint density at radius 2 is 1.46 bits per heavy atom. The lowest BCUT2D eigenvalue weighted by atomic mass is 9.93. The van der Waals surface area contributed by atoms with Gasteiger partial charge in [0.1, 0.15) is 18.1 Å². The molecule has 0 saturated carbocycles. The van der Waals surface area contributed by atoms with E-state index in [9.17, 15) is 29.1 Å². The summed E-state index contributed by atoms with van der Waals surface area (Å²) in [5.41, 5.74) is 1.32. The summed E-state index contributed by atoms with van der Waals surface area (Å²) in [5, 5.41) is 15.3. The third kappa shape index (κ3) is 11.6. The maximum absolute atomic E-state index is 12.7. The zero-order valence-electron chi connectivity index (χ0n) is 21.8. The molecule has 0 fully saturated rings. The van der Waals surface area contributed by atoms with Crippen LogP contribution in [0.3, 0.4) is 0 Å². The highest BCUT2D eigenvalue weighted by atomic mass is 35.5. The summed E-state index contributed by atoms with van der Waals surface area (Å²) in [6, 6.07) is 11.3. The quantitative estimate of drug-likeness (QED) is 0.277. The second-order valence-corrected chi connectivity index (χ2v) is 10.1. The van der Waals surface area contributed by atoms with E-state index in [2.05, 4.69) is 10.6 Å². The Kier molecular flexibility index (Phi) is 13.1. The standard InChI is InChI=1S/C28H32Cl2N2O7/c1-17(27(37)31-14-23(36)15-39-16-24-25(29)4-3-5-26(24)30)10-22(35)13-32-28(38)20(11-18(2)33)12-19-6-8-21(34)9-7-19/h3-9,17,20,34H,10-16H2,1-2H3,(H,31,37)(H,32,38)/t17-,20+/m1/s1. The fourth-order valence-corrected chi connectivity index (χ4v) is 4.21. The number of nitrogens with one attached hydrogen (secondary N) is 2. The number of amides is 2. The molecule has 0 aliphatic rings. The summed E-state index contributed by atoms with van der Waals surface area (Å²) in [6.07, 6.45) is 0.127. The maximum atomic E-state index is 12.7. The zero-order valence-corrected chi connectivity index (χ0v) is 23.3. The largest absolute Gasteiger partial charge is 0.508 e. The molecule has 0 unspecified atom stereocenters. The van der Waals surface area contributed by atoms with Gasteiger partial charge in [0, 0.05) is 40.3 Å². The van der Waals surface area contributed by atoms with Crippen LogP contribution < -0.4 is 10.6 Å². The van der Waals surface area contributed by atoms with Crippen LogP contribution in [0.1, 0.15) is 37.8 Å². The second-order valence-electron chi connectivity index (χ2n) is 9.28. The molecule has 0 aliphatic heterocycles. The van der Waals surface area contributed by atoms with E-state index in [1.54, 1.807) is 37.3 Å². The average Bonchev–Trinajstić information content (AvgIpc) is 2.88. The van der Waals surface area contributed by atoms with Crippen LogP contribution in [0.25, 0.3) is 0 Å². The van der Waals surface area contributed by atoms with Gasteiger partial charge in [0.15, 0.2) is 11.6 Å². The Morgan fingerprint density at radius 1 is 0.872 bits per heavy atom. The number of phenolic OH excluding ortho intramolecular Hbond substituents is 1. The molecule has 2 aromatic rings. The average molecular weight is 579 g/mol. The summed E-state index contributed by atoms with van der Waals surface area (Å²) in [5.74, 6) is -3.17. The molecule has 2 rings (SSSR count). The number of halogens is 2. The van der Waals surface area contributed by atoms with Crippen molar-refractivity contribution >= 4 is 52.4 Å². The Hall–Kier alpha value is -3.27. The van der Waals surface area contributed by atoms with Crippen molar-refractivity contribution in [3.63, 3.8) is 0 Å². The molecule has 0 aromatic heterocycles. The Balaban J connectivity index is 1.73. The maximum Gasteiger partial charge on any atom is 0.224 e. The highest BCUT2D eigenvalue weighted by Crippen LogP contribution is 2.24. The lowest BCUT2D eigenvalue weighted by Crippen LogP contribution is -2.39. The predicted octanol–water partition coefficient (Wildman–Crippen LogP) is 3.45. The summed E-state index contributed by atoms with van der Waals surface area (Å²) >= 11 is 12.1. The van der Waals surface area contributed by atoms with Gasteiger partial charge in [0.2, 0.25) is 11.8 Å². The van der Waals surface area contributed by atoms with E-state index >= 15 is 0 Å². The van der Waals surface area contributed by atoms with E-state index in [1.807, 2.05) is 0 Å². The van der Waals surface area contributed by atoms with Crippen molar-refractivity contribution in [1.82, 2.24) is 10.6 Å². The predicted molar refractivity (Wildman–Crippen MR) is 147 cm³/mol. The molecule has 2 atom stereocenters. The molecule has 0 bridgehead atoms. The number of carbonyl (C=O) groups is 5. The lowest BCUT2D eigenvalue weighted by Gasteiger charge is -2.16. The van der Waals surface area contributed by atoms with Gasteiger partial charge in [-0.1, -0.05) is 48.3 Å². The summed E-state index contributed by atoms with van der Waals surface area (Å²) < 4.78 is 5.34. The molecule has 0 saturated heterocycles. The van der Waals surface area contributed by atoms with Gasteiger partial charge < -0.3 is 25.3 Å². The minimum atomic E-state index is -0.727. The lowest BCUT2D eigenvalue weighted by molar-refractivity contribution is -0.132. The van der Waals surface area contributed by atoms with Gasteiger partial charge >= 0.3 is 0 Å². The fourth-order valence-electron chi connectivity index (χ4n) is 3.71. The molecule has 2 amide bonds. The number of Topliss-reactive ketones (excluding diaryl/α,β-unsaturated/α-hetero) is 3. The number of rotatable bonds is 16. The van der Waals surface area contributed by atoms with Crippen LogP contribution in [0.15, 0.2) is 42.5 Å². The third-order valence-corrected chi connectivity index (χ3v) is 6.50. The van der Waals surface area contributed by atoms with Crippen molar-refractivity contribution in [2.75, 3.05) is 19.7 Å². The first kappa shape index (κ1) is 31.9. The van der Waals surface area contributed by atoms with E-state index < -0.39 is 23.7 Å². The summed E-state index contributed by atoms with van der Waals surface area (Å²) in [6.45, 7) is 2.14. The molecule has 0 aliphatic carbocycles. The van der Waals surface area contributed by atoms with Gasteiger partial charge in [-0.25, -0.2) is 0 Å². The normalized spacial score (nSPS) is 12.3. The molecular weight excluding hydrogens is 547 g/mol. The van der Waals surface area contributed by atoms with Gasteiger partial charge in [0.05, 0.1) is 19.7 Å². The monoisotopic (exact) mass is 578 g/mol. The molecule has 2 aromatic carbocycles. The molecule has 210 valence electrons. The van der Waals surface area contributed by atoms with Crippen LogP contribution in [-0.4, -0.2) is 54.0 Å². The van der Waals surface area contributed by atoms with Gasteiger partial charge in [-0.3, -0.25) is 19.2 Å². The Bertz CT molecular complexity index is 1160. The highest BCUT2D eigenvalue weighted by molar-refractivity contribution is 6.35. The van der Waals surface area contributed by atoms with Crippen molar-refractivity contribution < 1.29 is 33.8 Å². The van der Waals surface area contributed by atoms with E-state index in [1.165, 1.54) is 19.1 Å². The second kappa shape index (κ2) is 16.0. The molecule has 3 N–H and O–H groups in total. The number of hydrogen-bond donors (Lipinski definition) is 3. The molecule has 0 spiro atoms. The van der Waals surface area contributed by atoms with Crippen molar-refractivity contribution in [3.05, 3.63) is 63.6 Å². The zero-order chi connectivity index (χ0) is 28.9. The molecule has 0 radical (unpaired) electrons. The van der Waals surface area contributed by atoms with Gasteiger partial charge in [-0.2, -0.15) is 0 Å². The van der Waals surface area contributed by atoms with Crippen molar-refractivity contribution in [2.24, 2.45) is 11.8 Å². The topological polar surface area (TPSA) is 139 Å². The molecule has 11 heteroatoms. The molecule has 0 heterocycles. The number of hydrogen-bond acceptors (Lipinski definition) is 7. The van der Waals surface area contributed by atoms with E-state index in [4.69, 9.17) is 27.9 Å². The number of phenols is 1. The van der Waals surface area contributed by atoms with Crippen molar-refractivity contribution in [3.8, 4) is 5.75 Å². The van der Waals surface area contributed by atoms with Crippen LogP contribution in [-0.2, 0) is 41.7 Å². The third-order valence-electron chi connectivity index (χ3n) is 5.80. The first-order valence-corrected chi connectivity index (χ1v) is 13.1. The van der Waals surface area contributed by atoms with Gasteiger partial charge in [-0.05, 0) is 43.2 Å². The van der Waals surface area contributed by atoms with Crippen LogP contribution in [0.5, 0.6) is 5.75 Å².